The first-order chi connectivity index (χ1) is 6.75. The van der Waals surface area contributed by atoms with Crippen LogP contribution in [0.4, 0.5) is 4.39 Å². The number of halogens is 1. The lowest BCUT2D eigenvalue weighted by Gasteiger charge is -2.29. The zero-order valence-corrected chi connectivity index (χ0v) is 9.68. The van der Waals surface area contributed by atoms with Crippen molar-refractivity contribution in [3.8, 4) is 0 Å². The first kappa shape index (κ1) is 14.3. The van der Waals surface area contributed by atoms with E-state index in [1.54, 1.807) is 20.8 Å². The maximum Gasteiger partial charge on any atom is 0.329 e. The van der Waals surface area contributed by atoms with Crippen molar-refractivity contribution in [2.24, 2.45) is 11.5 Å². The summed E-state index contributed by atoms with van der Waals surface area (Å²) in [6.07, 6.45) is 0.703. The summed E-state index contributed by atoms with van der Waals surface area (Å²) in [4.78, 5) is 11.6. The molecule has 0 amide bonds. The van der Waals surface area contributed by atoms with Crippen LogP contribution in [0.2, 0.25) is 0 Å². The molecule has 1 unspecified atom stereocenters. The van der Waals surface area contributed by atoms with E-state index >= 15 is 0 Å². The van der Waals surface area contributed by atoms with Gasteiger partial charge in [0, 0.05) is 0 Å². The predicted molar refractivity (Wildman–Crippen MR) is 57.0 cm³/mol. The van der Waals surface area contributed by atoms with Crippen LogP contribution in [0.3, 0.4) is 0 Å². The van der Waals surface area contributed by atoms with Crippen LogP contribution in [0.15, 0.2) is 0 Å². The minimum absolute atomic E-state index is 0.203. The highest BCUT2D eigenvalue weighted by atomic mass is 19.1. The van der Waals surface area contributed by atoms with Gasteiger partial charge in [-0.25, -0.2) is 9.18 Å². The molecule has 0 radical (unpaired) electrons. The fraction of sp³-hybridized carbons (Fsp3) is 0.900. The molecule has 15 heavy (non-hydrogen) atoms. The highest BCUT2D eigenvalue weighted by Gasteiger charge is 2.37. The summed E-state index contributed by atoms with van der Waals surface area (Å²) in [5, 5.41) is 0. The molecule has 0 aromatic carbocycles. The molecule has 0 heterocycles. The van der Waals surface area contributed by atoms with E-state index in [-0.39, 0.29) is 6.42 Å². The molecule has 1 atom stereocenters. The SMILES string of the molecule is CC(C)(C)OC(=O)C(N)(CF)CCCN. The lowest BCUT2D eigenvalue weighted by Crippen LogP contribution is -2.53. The molecule has 0 aromatic rings. The second-order valence-electron chi connectivity index (χ2n) is 4.68. The van der Waals surface area contributed by atoms with Crippen molar-refractivity contribution in [1.82, 2.24) is 0 Å². The molecule has 0 spiro atoms. The van der Waals surface area contributed by atoms with E-state index < -0.39 is 23.8 Å². The van der Waals surface area contributed by atoms with E-state index in [4.69, 9.17) is 16.2 Å². The molecule has 0 saturated heterocycles. The molecule has 0 aliphatic rings. The van der Waals surface area contributed by atoms with E-state index in [2.05, 4.69) is 0 Å². The summed E-state index contributed by atoms with van der Waals surface area (Å²) in [5.74, 6) is -0.703. The molecule has 0 aliphatic carbocycles. The molecule has 0 rings (SSSR count). The van der Waals surface area contributed by atoms with Gasteiger partial charge in [0.2, 0.25) is 0 Å². The van der Waals surface area contributed by atoms with Crippen LogP contribution in [0.1, 0.15) is 33.6 Å². The Morgan fingerprint density at radius 2 is 1.93 bits per heavy atom. The molecule has 0 fully saturated rings. The molecule has 0 saturated carbocycles. The summed E-state index contributed by atoms with van der Waals surface area (Å²) >= 11 is 0. The topological polar surface area (TPSA) is 78.3 Å². The van der Waals surface area contributed by atoms with Crippen molar-refractivity contribution in [3.63, 3.8) is 0 Å². The molecule has 0 bridgehead atoms. The molecule has 0 aliphatic heterocycles. The van der Waals surface area contributed by atoms with Crippen LogP contribution < -0.4 is 11.5 Å². The Bertz CT molecular complexity index is 216. The first-order valence-electron chi connectivity index (χ1n) is 5.03. The van der Waals surface area contributed by atoms with Crippen molar-refractivity contribution in [2.75, 3.05) is 13.2 Å². The Hall–Kier alpha value is -0.680. The lowest BCUT2D eigenvalue weighted by atomic mass is 9.96. The number of carbonyl (C=O) groups is 1. The second-order valence-corrected chi connectivity index (χ2v) is 4.68. The summed E-state index contributed by atoms with van der Waals surface area (Å²) in [5.41, 5.74) is 8.71. The number of esters is 1. The highest BCUT2D eigenvalue weighted by molar-refractivity contribution is 5.81. The lowest BCUT2D eigenvalue weighted by molar-refractivity contribution is -0.162. The minimum Gasteiger partial charge on any atom is -0.459 e. The van der Waals surface area contributed by atoms with Gasteiger partial charge in [0.1, 0.15) is 17.8 Å². The largest absolute Gasteiger partial charge is 0.459 e. The number of carbonyl (C=O) groups excluding carboxylic acids is 1. The summed E-state index contributed by atoms with van der Waals surface area (Å²) in [6, 6.07) is 0. The highest BCUT2D eigenvalue weighted by Crippen LogP contribution is 2.17. The summed E-state index contributed by atoms with van der Waals surface area (Å²) in [6.45, 7) is 4.59. The maximum absolute atomic E-state index is 12.7. The van der Waals surface area contributed by atoms with Gasteiger partial charge in [0.15, 0.2) is 0 Å². The van der Waals surface area contributed by atoms with Gasteiger partial charge in [-0.15, -0.1) is 0 Å². The summed E-state index contributed by atoms with van der Waals surface area (Å²) < 4.78 is 17.8. The van der Waals surface area contributed by atoms with Crippen LogP contribution in [0.5, 0.6) is 0 Å². The molecular weight excluding hydrogens is 199 g/mol. The minimum atomic E-state index is -1.55. The third-order valence-corrected chi connectivity index (χ3v) is 1.87. The second kappa shape index (κ2) is 5.42. The number of alkyl halides is 1. The van der Waals surface area contributed by atoms with Gasteiger partial charge in [-0.3, -0.25) is 0 Å². The monoisotopic (exact) mass is 220 g/mol. The van der Waals surface area contributed by atoms with E-state index in [1.165, 1.54) is 0 Å². The number of hydrogen-bond donors (Lipinski definition) is 2. The Kier molecular flexibility index (Phi) is 5.17. The smallest absolute Gasteiger partial charge is 0.329 e. The van der Waals surface area contributed by atoms with Crippen molar-refractivity contribution in [2.45, 2.75) is 44.8 Å². The number of ether oxygens (including phenoxy) is 1. The Labute approximate surface area is 90.1 Å². The fourth-order valence-corrected chi connectivity index (χ4v) is 1.02. The van der Waals surface area contributed by atoms with Crippen LogP contribution in [-0.2, 0) is 9.53 Å². The molecule has 4 nitrogen and oxygen atoms in total. The van der Waals surface area contributed by atoms with E-state index in [1.807, 2.05) is 0 Å². The zero-order chi connectivity index (χ0) is 12.1. The third kappa shape index (κ3) is 5.09. The number of nitrogens with two attached hydrogens (primary N) is 2. The normalized spacial score (nSPS) is 15.9. The first-order valence-corrected chi connectivity index (χ1v) is 5.03. The molecular formula is C10H21FN2O2. The van der Waals surface area contributed by atoms with E-state index in [0.29, 0.717) is 13.0 Å². The molecule has 5 heteroatoms. The van der Waals surface area contributed by atoms with Gasteiger partial charge in [-0.1, -0.05) is 0 Å². The Morgan fingerprint density at radius 3 is 2.27 bits per heavy atom. The fourth-order valence-electron chi connectivity index (χ4n) is 1.02. The summed E-state index contributed by atoms with van der Waals surface area (Å²) in [7, 11) is 0. The molecule has 0 aromatic heterocycles. The Morgan fingerprint density at radius 1 is 1.40 bits per heavy atom. The van der Waals surface area contributed by atoms with Gasteiger partial charge >= 0.3 is 5.97 Å². The average molecular weight is 220 g/mol. The Balaban J connectivity index is 4.44. The van der Waals surface area contributed by atoms with Gasteiger partial charge in [-0.2, -0.15) is 0 Å². The van der Waals surface area contributed by atoms with Gasteiger partial charge in [0.05, 0.1) is 0 Å². The molecule has 90 valence electrons. The quantitative estimate of drug-likeness (QED) is 0.670. The van der Waals surface area contributed by atoms with Crippen LogP contribution in [0, 0.1) is 0 Å². The van der Waals surface area contributed by atoms with E-state index in [9.17, 15) is 9.18 Å². The predicted octanol–water partition coefficient (Wildman–Crippen LogP) is 0.734. The van der Waals surface area contributed by atoms with Gasteiger partial charge in [-0.05, 0) is 40.2 Å². The van der Waals surface area contributed by atoms with Crippen LogP contribution in [0.25, 0.3) is 0 Å². The van der Waals surface area contributed by atoms with Crippen molar-refractivity contribution < 1.29 is 13.9 Å². The van der Waals surface area contributed by atoms with Crippen molar-refractivity contribution >= 4 is 5.97 Å². The van der Waals surface area contributed by atoms with Gasteiger partial charge < -0.3 is 16.2 Å². The van der Waals surface area contributed by atoms with Crippen LogP contribution in [-0.4, -0.2) is 30.3 Å². The number of hydrogen-bond acceptors (Lipinski definition) is 4. The third-order valence-electron chi connectivity index (χ3n) is 1.87. The van der Waals surface area contributed by atoms with E-state index in [0.717, 1.165) is 0 Å². The average Bonchev–Trinajstić information content (AvgIpc) is 2.11. The zero-order valence-electron chi connectivity index (χ0n) is 9.68. The maximum atomic E-state index is 12.7. The standard InChI is InChI=1S/C10H21FN2O2/c1-9(2,3)15-8(14)10(13,7-11)5-4-6-12/h4-7,12-13H2,1-3H3. The molecule has 4 N–H and O–H groups in total. The van der Waals surface area contributed by atoms with Gasteiger partial charge in [0.25, 0.3) is 0 Å². The van der Waals surface area contributed by atoms with Crippen molar-refractivity contribution in [1.29, 1.82) is 0 Å². The number of rotatable bonds is 5. The van der Waals surface area contributed by atoms with Crippen molar-refractivity contribution in [3.05, 3.63) is 0 Å². The van der Waals surface area contributed by atoms with Crippen LogP contribution >= 0.6 is 0 Å².